The Morgan fingerprint density at radius 1 is 1.21 bits per heavy atom. The first kappa shape index (κ1) is 15.4. The summed E-state index contributed by atoms with van der Waals surface area (Å²) >= 11 is 0. The molecule has 1 aromatic carbocycles. The fourth-order valence-electron chi connectivity index (χ4n) is 1.82. The molecule has 19 heavy (non-hydrogen) atoms. The van der Waals surface area contributed by atoms with Gasteiger partial charge in [-0.1, -0.05) is 31.9 Å². The van der Waals surface area contributed by atoms with Crippen LogP contribution in [0.3, 0.4) is 0 Å². The summed E-state index contributed by atoms with van der Waals surface area (Å²) in [6, 6.07) is 6.68. The monoisotopic (exact) mass is 262 g/mol. The van der Waals surface area contributed by atoms with Gasteiger partial charge in [-0.3, -0.25) is 9.59 Å². The first-order chi connectivity index (χ1) is 9.08. The Labute approximate surface area is 114 Å². The van der Waals surface area contributed by atoms with Crippen molar-refractivity contribution in [1.29, 1.82) is 0 Å². The molecule has 1 unspecified atom stereocenters. The smallest absolute Gasteiger partial charge is 0.251 e. The fourth-order valence-corrected chi connectivity index (χ4v) is 1.82. The van der Waals surface area contributed by atoms with E-state index in [-0.39, 0.29) is 17.7 Å². The Balaban J connectivity index is 2.63. The maximum absolute atomic E-state index is 12.0. The van der Waals surface area contributed by atoms with E-state index in [9.17, 15) is 9.59 Å². The van der Waals surface area contributed by atoms with Crippen LogP contribution in [0, 0.1) is 0 Å². The SMILES string of the molecule is CCCCC(CN)NC(=O)c1ccc(C(C)=O)cc1. The van der Waals surface area contributed by atoms with Crippen molar-refractivity contribution in [2.45, 2.75) is 39.2 Å². The molecule has 0 heterocycles. The van der Waals surface area contributed by atoms with Crippen LogP contribution in [0.15, 0.2) is 24.3 Å². The van der Waals surface area contributed by atoms with E-state index in [0.29, 0.717) is 17.7 Å². The van der Waals surface area contributed by atoms with E-state index in [1.165, 1.54) is 6.92 Å². The summed E-state index contributed by atoms with van der Waals surface area (Å²) in [6.07, 6.45) is 3.02. The van der Waals surface area contributed by atoms with Crippen LogP contribution in [0.1, 0.15) is 53.8 Å². The van der Waals surface area contributed by atoms with E-state index in [4.69, 9.17) is 5.73 Å². The summed E-state index contributed by atoms with van der Waals surface area (Å²) in [5.41, 5.74) is 6.81. The van der Waals surface area contributed by atoms with E-state index in [1.807, 2.05) is 0 Å². The van der Waals surface area contributed by atoms with Gasteiger partial charge >= 0.3 is 0 Å². The van der Waals surface area contributed by atoms with E-state index >= 15 is 0 Å². The summed E-state index contributed by atoms with van der Waals surface area (Å²) < 4.78 is 0. The van der Waals surface area contributed by atoms with Crippen molar-refractivity contribution in [3.05, 3.63) is 35.4 Å². The standard InChI is InChI=1S/C15H22N2O2/c1-3-4-5-14(10-16)17-15(19)13-8-6-12(7-9-13)11(2)18/h6-9,14H,3-5,10,16H2,1-2H3,(H,17,19). The molecule has 3 N–H and O–H groups in total. The van der Waals surface area contributed by atoms with Gasteiger partial charge in [-0.05, 0) is 25.5 Å². The lowest BCUT2D eigenvalue weighted by Gasteiger charge is -2.16. The number of carbonyl (C=O) groups excluding carboxylic acids is 2. The molecule has 4 heteroatoms. The molecule has 0 radical (unpaired) electrons. The lowest BCUT2D eigenvalue weighted by molar-refractivity contribution is 0.0934. The van der Waals surface area contributed by atoms with E-state index in [1.54, 1.807) is 24.3 Å². The number of benzene rings is 1. The summed E-state index contributed by atoms with van der Waals surface area (Å²) in [5.74, 6) is -0.142. The number of hydrogen-bond acceptors (Lipinski definition) is 3. The van der Waals surface area contributed by atoms with Crippen molar-refractivity contribution in [3.63, 3.8) is 0 Å². The molecule has 0 aliphatic carbocycles. The second kappa shape index (κ2) is 7.69. The van der Waals surface area contributed by atoms with Crippen LogP contribution in [0.25, 0.3) is 0 Å². The van der Waals surface area contributed by atoms with Crippen molar-refractivity contribution in [1.82, 2.24) is 5.32 Å². The maximum atomic E-state index is 12.0. The summed E-state index contributed by atoms with van der Waals surface area (Å²) in [5, 5.41) is 2.92. The van der Waals surface area contributed by atoms with Crippen LogP contribution in [0.5, 0.6) is 0 Å². The van der Waals surface area contributed by atoms with E-state index in [0.717, 1.165) is 19.3 Å². The molecule has 0 saturated carbocycles. The molecule has 1 aromatic rings. The van der Waals surface area contributed by atoms with E-state index < -0.39 is 0 Å². The van der Waals surface area contributed by atoms with Crippen molar-refractivity contribution in [2.24, 2.45) is 5.73 Å². The Morgan fingerprint density at radius 2 is 1.79 bits per heavy atom. The molecule has 1 atom stereocenters. The highest BCUT2D eigenvalue weighted by Crippen LogP contribution is 2.06. The molecule has 104 valence electrons. The minimum Gasteiger partial charge on any atom is -0.348 e. The quantitative estimate of drug-likeness (QED) is 0.739. The molecule has 0 aliphatic heterocycles. The normalized spacial score (nSPS) is 11.9. The van der Waals surface area contributed by atoms with Crippen LogP contribution >= 0.6 is 0 Å². The maximum Gasteiger partial charge on any atom is 0.251 e. The highest BCUT2D eigenvalue weighted by atomic mass is 16.1. The molecule has 0 aromatic heterocycles. The number of amides is 1. The van der Waals surface area contributed by atoms with Crippen LogP contribution in [-0.4, -0.2) is 24.3 Å². The van der Waals surface area contributed by atoms with Gasteiger partial charge in [0.15, 0.2) is 5.78 Å². The number of unbranched alkanes of at least 4 members (excludes halogenated alkanes) is 1. The first-order valence-electron chi connectivity index (χ1n) is 6.70. The zero-order chi connectivity index (χ0) is 14.3. The first-order valence-corrected chi connectivity index (χ1v) is 6.70. The number of Topliss-reactive ketones (excluding diaryl/α,β-unsaturated/α-hetero) is 1. The molecule has 4 nitrogen and oxygen atoms in total. The van der Waals surface area contributed by atoms with Gasteiger partial charge in [-0.2, -0.15) is 0 Å². The minimum absolute atomic E-state index is 0.00487. The zero-order valence-electron chi connectivity index (χ0n) is 11.6. The zero-order valence-corrected chi connectivity index (χ0v) is 11.6. The predicted octanol–water partition coefficient (Wildman–Crippen LogP) is 2.14. The van der Waals surface area contributed by atoms with Gasteiger partial charge in [0.25, 0.3) is 5.91 Å². The highest BCUT2D eigenvalue weighted by Gasteiger charge is 2.12. The van der Waals surface area contributed by atoms with Crippen LogP contribution in [-0.2, 0) is 0 Å². The third-order valence-electron chi connectivity index (χ3n) is 3.08. The molecule has 0 bridgehead atoms. The second-order valence-electron chi connectivity index (χ2n) is 4.68. The lowest BCUT2D eigenvalue weighted by atomic mass is 10.1. The van der Waals surface area contributed by atoms with Crippen LogP contribution in [0.4, 0.5) is 0 Å². The average Bonchev–Trinajstić information content (AvgIpc) is 2.43. The predicted molar refractivity (Wildman–Crippen MR) is 76.3 cm³/mol. The van der Waals surface area contributed by atoms with E-state index in [2.05, 4.69) is 12.2 Å². The molecule has 0 spiro atoms. The van der Waals surface area contributed by atoms with Crippen molar-refractivity contribution >= 4 is 11.7 Å². The Kier molecular flexibility index (Phi) is 6.22. The van der Waals surface area contributed by atoms with Crippen LogP contribution < -0.4 is 11.1 Å². The number of carbonyl (C=O) groups is 2. The number of hydrogen-bond donors (Lipinski definition) is 2. The minimum atomic E-state index is -0.137. The number of nitrogens with one attached hydrogen (secondary N) is 1. The third kappa shape index (κ3) is 4.83. The molecule has 0 saturated heterocycles. The summed E-state index contributed by atoms with van der Waals surface area (Å²) in [7, 11) is 0. The van der Waals surface area contributed by atoms with Crippen molar-refractivity contribution in [2.75, 3.05) is 6.54 Å². The molecule has 0 fully saturated rings. The largest absolute Gasteiger partial charge is 0.348 e. The fraction of sp³-hybridized carbons (Fsp3) is 0.467. The van der Waals surface area contributed by atoms with Crippen LogP contribution in [0.2, 0.25) is 0 Å². The lowest BCUT2D eigenvalue weighted by Crippen LogP contribution is -2.40. The second-order valence-corrected chi connectivity index (χ2v) is 4.68. The Bertz CT molecular complexity index is 426. The Hall–Kier alpha value is -1.68. The van der Waals surface area contributed by atoms with Crippen molar-refractivity contribution < 1.29 is 9.59 Å². The molecule has 1 rings (SSSR count). The number of nitrogens with two attached hydrogens (primary N) is 1. The van der Waals surface area contributed by atoms with Gasteiger partial charge in [0.2, 0.25) is 0 Å². The number of rotatable bonds is 7. The van der Waals surface area contributed by atoms with Gasteiger partial charge in [0, 0.05) is 23.7 Å². The molecular weight excluding hydrogens is 240 g/mol. The van der Waals surface area contributed by atoms with Gasteiger partial charge in [0.1, 0.15) is 0 Å². The topological polar surface area (TPSA) is 72.2 Å². The highest BCUT2D eigenvalue weighted by molar-refractivity contribution is 5.97. The molecule has 0 aliphatic rings. The summed E-state index contributed by atoms with van der Waals surface area (Å²) in [6.45, 7) is 4.05. The third-order valence-corrected chi connectivity index (χ3v) is 3.08. The summed E-state index contributed by atoms with van der Waals surface area (Å²) in [4.78, 5) is 23.2. The molecule has 1 amide bonds. The van der Waals surface area contributed by atoms with Crippen molar-refractivity contribution in [3.8, 4) is 0 Å². The van der Waals surface area contributed by atoms with Gasteiger partial charge in [-0.15, -0.1) is 0 Å². The molecular formula is C15H22N2O2. The average molecular weight is 262 g/mol. The van der Waals surface area contributed by atoms with Gasteiger partial charge in [0.05, 0.1) is 0 Å². The van der Waals surface area contributed by atoms with Gasteiger partial charge < -0.3 is 11.1 Å². The number of ketones is 1. The van der Waals surface area contributed by atoms with Gasteiger partial charge in [-0.25, -0.2) is 0 Å². The Morgan fingerprint density at radius 3 is 2.26 bits per heavy atom.